The van der Waals surface area contributed by atoms with Crippen LogP contribution in [0.15, 0.2) is 34.2 Å². The summed E-state index contributed by atoms with van der Waals surface area (Å²) in [6, 6.07) is 6.70. The Hall–Kier alpha value is -1.40. The van der Waals surface area contributed by atoms with Crippen LogP contribution in [0.25, 0.3) is 0 Å². The minimum Gasteiger partial charge on any atom is -0.357 e. The van der Waals surface area contributed by atoms with Gasteiger partial charge in [0.05, 0.1) is 4.90 Å². The lowest BCUT2D eigenvalue weighted by molar-refractivity contribution is -0.128. The van der Waals surface area contributed by atoms with Crippen molar-refractivity contribution in [3.05, 3.63) is 29.8 Å². The predicted octanol–water partition coefficient (Wildman–Crippen LogP) is 1.07. The van der Waals surface area contributed by atoms with Crippen molar-refractivity contribution in [2.45, 2.75) is 31.6 Å². The monoisotopic (exact) mass is 523 g/mol. The van der Waals surface area contributed by atoms with Gasteiger partial charge in [-0.25, -0.2) is 18.1 Å². The minimum atomic E-state index is -3.54. The molecule has 0 unspecified atom stereocenters. The van der Waals surface area contributed by atoms with E-state index in [4.69, 9.17) is 0 Å². The van der Waals surface area contributed by atoms with Crippen LogP contribution in [0.1, 0.15) is 25.3 Å². The molecular weight excluding hydrogens is 493 g/mol. The summed E-state index contributed by atoms with van der Waals surface area (Å²) in [5.41, 5.74) is 1.01. The van der Waals surface area contributed by atoms with Crippen molar-refractivity contribution < 1.29 is 13.2 Å². The summed E-state index contributed by atoms with van der Waals surface area (Å²) in [5, 5.41) is 6.10. The topological polar surface area (TPSA) is 103 Å². The van der Waals surface area contributed by atoms with E-state index in [-0.39, 0.29) is 47.9 Å². The van der Waals surface area contributed by atoms with Crippen LogP contribution in [0.2, 0.25) is 0 Å². The quantitative estimate of drug-likeness (QED) is 0.205. The number of amides is 1. The maximum Gasteiger partial charge on any atom is 0.244 e. The first-order valence-electron chi connectivity index (χ1n) is 9.28. The highest BCUT2D eigenvalue weighted by Gasteiger charge is 2.17. The number of hydrogen-bond acceptors (Lipinski definition) is 4. The number of nitrogens with zero attached hydrogens (tertiary/aromatic N) is 2. The first-order chi connectivity index (χ1) is 12.9. The van der Waals surface area contributed by atoms with Crippen molar-refractivity contribution in [3.8, 4) is 0 Å². The van der Waals surface area contributed by atoms with E-state index in [2.05, 4.69) is 20.3 Å². The van der Waals surface area contributed by atoms with Crippen molar-refractivity contribution in [2.75, 3.05) is 39.3 Å². The highest BCUT2D eigenvalue weighted by Crippen LogP contribution is 2.09. The highest BCUT2D eigenvalue weighted by atomic mass is 127. The fourth-order valence-electron chi connectivity index (χ4n) is 2.72. The van der Waals surface area contributed by atoms with Gasteiger partial charge in [0.15, 0.2) is 5.96 Å². The van der Waals surface area contributed by atoms with Gasteiger partial charge in [0.1, 0.15) is 6.54 Å². The van der Waals surface area contributed by atoms with Gasteiger partial charge in [-0.3, -0.25) is 4.79 Å². The number of nitrogens with one attached hydrogen (secondary N) is 3. The number of carbonyl (C=O) groups is 1. The first kappa shape index (κ1) is 24.6. The molecule has 1 aliphatic heterocycles. The smallest absolute Gasteiger partial charge is 0.244 e. The van der Waals surface area contributed by atoms with Gasteiger partial charge in [-0.1, -0.05) is 17.7 Å². The van der Waals surface area contributed by atoms with Gasteiger partial charge >= 0.3 is 0 Å². The summed E-state index contributed by atoms with van der Waals surface area (Å²) in [6.07, 6.45) is 2.10. The first-order valence-corrected chi connectivity index (χ1v) is 10.8. The van der Waals surface area contributed by atoms with Gasteiger partial charge in [0.25, 0.3) is 0 Å². The van der Waals surface area contributed by atoms with Crippen LogP contribution < -0.4 is 15.4 Å². The van der Waals surface area contributed by atoms with Crippen molar-refractivity contribution in [3.63, 3.8) is 0 Å². The third-order valence-corrected chi connectivity index (χ3v) is 5.69. The Labute approximate surface area is 184 Å². The Morgan fingerprint density at radius 2 is 1.75 bits per heavy atom. The van der Waals surface area contributed by atoms with Crippen LogP contribution in [0, 0.1) is 6.92 Å². The Balaban J connectivity index is 0.00000392. The van der Waals surface area contributed by atoms with Gasteiger partial charge in [-0.2, -0.15) is 0 Å². The average molecular weight is 523 g/mol. The molecular formula is C18H30IN5O3S. The van der Waals surface area contributed by atoms with Crippen LogP contribution >= 0.6 is 24.0 Å². The average Bonchev–Trinajstić information content (AvgIpc) is 3.18. The summed E-state index contributed by atoms with van der Waals surface area (Å²) in [4.78, 5) is 18.4. The molecule has 8 nitrogen and oxygen atoms in total. The van der Waals surface area contributed by atoms with Crippen molar-refractivity contribution in [2.24, 2.45) is 4.99 Å². The van der Waals surface area contributed by atoms with E-state index in [1.165, 1.54) is 0 Å². The molecule has 1 aromatic carbocycles. The third-order valence-electron chi connectivity index (χ3n) is 4.22. The second kappa shape index (κ2) is 12.2. The maximum atomic E-state index is 12.2. The lowest BCUT2D eigenvalue weighted by Gasteiger charge is -2.15. The number of aliphatic imine (C=N–C) groups is 1. The molecule has 28 heavy (non-hydrogen) atoms. The molecule has 0 aromatic heterocycles. The Morgan fingerprint density at radius 3 is 2.36 bits per heavy atom. The lowest BCUT2D eigenvalue weighted by atomic mass is 10.2. The normalized spacial score (nSPS) is 14.5. The molecule has 10 heteroatoms. The van der Waals surface area contributed by atoms with Gasteiger partial charge in [-0.05, 0) is 38.8 Å². The van der Waals surface area contributed by atoms with Crippen molar-refractivity contribution >= 4 is 45.9 Å². The van der Waals surface area contributed by atoms with E-state index < -0.39 is 10.0 Å². The molecule has 1 saturated heterocycles. The molecule has 158 valence electrons. The Bertz CT molecular complexity index is 747. The molecule has 0 saturated carbocycles. The van der Waals surface area contributed by atoms with Gasteiger partial charge in [0.2, 0.25) is 15.9 Å². The maximum absolute atomic E-state index is 12.2. The molecule has 0 aliphatic carbocycles. The van der Waals surface area contributed by atoms with E-state index >= 15 is 0 Å². The fraction of sp³-hybridized carbons (Fsp3) is 0.556. The second-order valence-corrected chi connectivity index (χ2v) is 8.19. The number of guanidine groups is 1. The third kappa shape index (κ3) is 7.92. The van der Waals surface area contributed by atoms with Crippen LogP contribution in [0.5, 0.6) is 0 Å². The molecule has 1 fully saturated rings. The minimum absolute atomic E-state index is 0. The van der Waals surface area contributed by atoms with Crippen LogP contribution in [-0.4, -0.2) is 64.5 Å². The number of carbonyl (C=O) groups excluding carboxylic acids is 1. The number of halogens is 1. The van der Waals surface area contributed by atoms with Crippen LogP contribution in [0.4, 0.5) is 0 Å². The van der Waals surface area contributed by atoms with Crippen LogP contribution in [-0.2, 0) is 14.8 Å². The summed E-state index contributed by atoms with van der Waals surface area (Å²) in [5.74, 6) is 0.518. The zero-order chi connectivity index (χ0) is 19.7. The summed E-state index contributed by atoms with van der Waals surface area (Å²) in [6.45, 7) is 6.75. The number of hydrogen-bond donors (Lipinski definition) is 3. The zero-order valence-electron chi connectivity index (χ0n) is 16.4. The molecule has 0 spiro atoms. The largest absolute Gasteiger partial charge is 0.357 e. The molecule has 1 aromatic rings. The second-order valence-electron chi connectivity index (χ2n) is 6.42. The number of rotatable bonds is 8. The molecule has 0 radical (unpaired) electrons. The molecule has 3 N–H and O–H groups in total. The van der Waals surface area contributed by atoms with Gasteiger partial charge in [-0.15, -0.1) is 24.0 Å². The van der Waals surface area contributed by atoms with Gasteiger partial charge < -0.3 is 15.5 Å². The summed E-state index contributed by atoms with van der Waals surface area (Å²) < 4.78 is 27.0. The molecule has 0 atom stereocenters. The fourth-order valence-corrected chi connectivity index (χ4v) is 3.75. The van der Waals surface area contributed by atoms with Crippen LogP contribution in [0.3, 0.4) is 0 Å². The lowest BCUT2D eigenvalue weighted by Crippen LogP contribution is -2.42. The number of aryl methyl sites for hydroxylation is 1. The number of sulfonamides is 1. The van der Waals surface area contributed by atoms with Gasteiger partial charge in [0, 0.05) is 32.7 Å². The SMILES string of the molecule is CCNC(=NCC(=O)N1CCCC1)NCCNS(=O)(=O)c1ccc(C)cc1.I. The predicted molar refractivity (Wildman–Crippen MR) is 122 cm³/mol. The molecule has 1 aliphatic rings. The van der Waals surface area contributed by atoms with E-state index in [0.29, 0.717) is 19.0 Å². The molecule has 2 rings (SSSR count). The Kier molecular flexibility index (Phi) is 10.8. The highest BCUT2D eigenvalue weighted by molar-refractivity contribution is 14.0. The number of likely N-dealkylation sites (tertiary alicyclic amines) is 1. The number of benzene rings is 1. The molecule has 1 heterocycles. The zero-order valence-corrected chi connectivity index (χ0v) is 19.5. The molecule has 0 bridgehead atoms. The molecule has 1 amide bonds. The Morgan fingerprint density at radius 1 is 1.11 bits per heavy atom. The van der Waals surface area contributed by atoms with Crippen molar-refractivity contribution in [1.82, 2.24) is 20.3 Å². The summed E-state index contributed by atoms with van der Waals surface area (Å²) in [7, 11) is -3.54. The van der Waals surface area contributed by atoms with E-state index in [0.717, 1.165) is 31.5 Å². The standard InChI is InChI=1S/C18H29N5O3S.HI/c1-3-19-18(21-14-17(24)23-12-4-5-13-23)20-10-11-22-27(25,26)16-8-6-15(2)7-9-16;/h6-9,22H,3-5,10-14H2,1-2H3,(H2,19,20,21);1H. The van der Waals surface area contributed by atoms with E-state index in [1.54, 1.807) is 24.3 Å². The van der Waals surface area contributed by atoms with Crippen molar-refractivity contribution in [1.29, 1.82) is 0 Å². The van der Waals surface area contributed by atoms with E-state index in [9.17, 15) is 13.2 Å². The summed E-state index contributed by atoms with van der Waals surface area (Å²) >= 11 is 0. The van der Waals surface area contributed by atoms with E-state index in [1.807, 2.05) is 18.7 Å².